The van der Waals surface area contributed by atoms with Gasteiger partial charge in [-0.15, -0.1) is 0 Å². The Balaban J connectivity index is 1.45. The van der Waals surface area contributed by atoms with Gasteiger partial charge in [-0.25, -0.2) is 4.99 Å². The highest BCUT2D eigenvalue weighted by atomic mass is 16.2. The Bertz CT molecular complexity index is 1210. The van der Waals surface area contributed by atoms with Crippen molar-refractivity contribution in [3.05, 3.63) is 81.9 Å². The summed E-state index contributed by atoms with van der Waals surface area (Å²) in [7, 11) is 0. The van der Waals surface area contributed by atoms with E-state index in [1.54, 1.807) is 0 Å². The summed E-state index contributed by atoms with van der Waals surface area (Å²) in [6.07, 6.45) is 2.53. The molecule has 1 atom stereocenters. The van der Waals surface area contributed by atoms with E-state index in [4.69, 9.17) is 0 Å². The molecular formula is C24H22N2O2. The molecule has 1 unspecified atom stereocenters. The molecule has 1 aliphatic rings. The summed E-state index contributed by atoms with van der Waals surface area (Å²) in [5.41, 5.74) is 2.74. The second-order valence-electron chi connectivity index (χ2n) is 7.29. The Hall–Kier alpha value is -3.27. The second-order valence-corrected chi connectivity index (χ2v) is 7.29. The molecule has 0 saturated heterocycles. The van der Waals surface area contributed by atoms with E-state index in [1.807, 2.05) is 68.5 Å². The lowest BCUT2D eigenvalue weighted by Crippen LogP contribution is -2.38. The largest absolute Gasteiger partial charge is 0.352 e. The summed E-state index contributed by atoms with van der Waals surface area (Å²) in [5, 5.41) is 6.88. The van der Waals surface area contributed by atoms with Crippen molar-refractivity contribution in [3.8, 4) is 0 Å². The maximum atomic E-state index is 12.5. The molecule has 0 fully saturated rings. The lowest BCUT2D eigenvalue weighted by molar-refractivity contribution is -0.120. The fourth-order valence-corrected chi connectivity index (χ4v) is 3.62. The Labute approximate surface area is 163 Å². The summed E-state index contributed by atoms with van der Waals surface area (Å²) in [6, 6.07) is 17.7. The third-order valence-electron chi connectivity index (χ3n) is 5.30. The SMILES string of the molecule is Cc1ccc(C)c2c1=CC(CCNC(=O)c1ccc3ccccc3c1)C(=O)N=2. The Morgan fingerprint density at radius 1 is 1.00 bits per heavy atom. The van der Waals surface area contributed by atoms with Gasteiger partial charge in [0.15, 0.2) is 0 Å². The van der Waals surface area contributed by atoms with E-state index in [0.29, 0.717) is 18.5 Å². The lowest BCUT2D eigenvalue weighted by Gasteiger charge is -2.14. The van der Waals surface area contributed by atoms with E-state index in [1.165, 1.54) is 0 Å². The number of fused-ring (bicyclic) bond motifs is 2. The highest BCUT2D eigenvalue weighted by Crippen LogP contribution is 2.16. The number of aryl methyl sites for hydroxylation is 2. The first-order valence-corrected chi connectivity index (χ1v) is 9.50. The van der Waals surface area contributed by atoms with Crippen molar-refractivity contribution in [2.75, 3.05) is 6.54 Å². The minimum Gasteiger partial charge on any atom is -0.352 e. The zero-order valence-electron chi connectivity index (χ0n) is 16.0. The molecular weight excluding hydrogens is 348 g/mol. The molecule has 4 rings (SSSR count). The fraction of sp³-hybridized carbons (Fsp3) is 0.208. The molecule has 0 aromatic heterocycles. The van der Waals surface area contributed by atoms with Gasteiger partial charge >= 0.3 is 0 Å². The van der Waals surface area contributed by atoms with Crippen molar-refractivity contribution in [1.29, 1.82) is 0 Å². The average Bonchev–Trinajstić information content (AvgIpc) is 2.71. The summed E-state index contributed by atoms with van der Waals surface area (Å²) >= 11 is 0. The molecule has 28 heavy (non-hydrogen) atoms. The van der Waals surface area contributed by atoms with Crippen LogP contribution < -0.4 is 15.9 Å². The van der Waals surface area contributed by atoms with Gasteiger partial charge in [-0.2, -0.15) is 0 Å². The molecule has 4 nitrogen and oxygen atoms in total. The summed E-state index contributed by atoms with van der Waals surface area (Å²) in [5.74, 6) is -0.565. The smallest absolute Gasteiger partial charge is 0.253 e. The maximum absolute atomic E-state index is 12.5. The predicted molar refractivity (Wildman–Crippen MR) is 111 cm³/mol. The summed E-state index contributed by atoms with van der Waals surface area (Å²) < 4.78 is 0. The first-order chi connectivity index (χ1) is 13.5. The molecule has 4 heteroatoms. The van der Waals surface area contributed by atoms with Gasteiger partial charge in [0, 0.05) is 17.3 Å². The highest BCUT2D eigenvalue weighted by Gasteiger charge is 2.19. The van der Waals surface area contributed by atoms with E-state index >= 15 is 0 Å². The van der Waals surface area contributed by atoms with Gasteiger partial charge in [0.1, 0.15) is 0 Å². The number of hydrogen-bond acceptors (Lipinski definition) is 2. The number of nitrogens with one attached hydrogen (secondary N) is 1. The van der Waals surface area contributed by atoms with Crippen molar-refractivity contribution < 1.29 is 9.59 Å². The van der Waals surface area contributed by atoms with Crippen LogP contribution in [0.1, 0.15) is 27.9 Å². The molecule has 1 aliphatic heterocycles. The zero-order valence-corrected chi connectivity index (χ0v) is 16.0. The third-order valence-corrected chi connectivity index (χ3v) is 5.30. The van der Waals surface area contributed by atoms with Gasteiger partial charge in [0.05, 0.1) is 11.3 Å². The van der Waals surface area contributed by atoms with E-state index in [9.17, 15) is 9.59 Å². The fourth-order valence-electron chi connectivity index (χ4n) is 3.62. The zero-order chi connectivity index (χ0) is 19.7. The van der Waals surface area contributed by atoms with Crippen LogP contribution in [0, 0.1) is 19.8 Å². The highest BCUT2D eigenvalue weighted by molar-refractivity contribution is 5.98. The Kier molecular flexibility index (Phi) is 4.78. The van der Waals surface area contributed by atoms with Crippen LogP contribution >= 0.6 is 0 Å². The van der Waals surface area contributed by atoms with Crippen molar-refractivity contribution in [2.45, 2.75) is 20.3 Å². The molecule has 0 radical (unpaired) electrons. The molecule has 1 N–H and O–H groups in total. The molecule has 2 amide bonds. The first kappa shape index (κ1) is 18.1. The maximum Gasteiger partial charge on any atom is 0.253 e. The van der Waals surface area contributed by atoms with Gasteiger partial charge in [0.25, 0.3) is 11.8 Å². The quantitative estimate of drug-likeness (QED) is 0.768. The van der Waals surface area contributed by atoms with Crippen molar-refractivity contribution >= 4 is 28.7 Å². The van der Waals surface area contributed by atoms with Crippen LogP contribution in [0.2, 0.25) is 0 Å². The molecule has 0 saturated carbocycles. The molecule has 0 spiro atoms. The van der Waals surface area contributed by atoms with Gasteiger partial charge in [-0.3, -0.25) is 9.59 Å². The number of nitrogens with zero attached hydrogens (tertiary/aromatic N) is 1. The molecule has 0 bridgehead atoms. The molecule has 1 heterocycles. The first-order valence-electron chi connectivity index (χ1n) is 9.50. The van der Waals surface area contributed by atoms with E-state index in [-0.39, 0.29) is 17.7 Å². The average molecular weight is 370 g/mol. The van der Waals surface area contributed by atoms with Crippen LogP contribution in [0.3, 0.4) is 0 Å². The molecule has 3 aromatic carbocycles. The van der Waals surface area contributed by atoms with Crippen molar-refractivity contribution in [1.82, 2.24) is 5.32 Å². The number of amides is 2. The number of hydrogen-bond donors (Lipinski definition) is 1. The number of rotatable bonds is 4. The second kappa shape index (κ2) is 7.39. The minimum atomic E-state index is -0.301. The van der Waals surface area contributed by atoms with Crippen molar-refractivity contribution in [3.63, 3.8) is 0 Å². The number of carbonyl (C=O) groups excluding carboxylic acids is 2. The number of carbonyl (C=O) groups is 2. The molecule has 3 aromatic rings. The van der Waals surface area contributed by atoms with Crippen LogP contribution in [0.4, 0.5) is 0 Å². The topological polar surface area (TPSA) is 58.5 Å². The van der Waals surface area contributed by atoms with Gasteiger partial charge in [-0.05, 0) is 54.3 Å². The van der Waals surface area contributed by atoms with Gasteiger partial charge in [0.2, 0.25) is 0 Å². The van der Waals surface area contributed by atoms with Crippen LogP contribution in [0.5, 0.6) is 0 Å². The monoisotopic (exact) mass is 370 g/mol. The van der Waals surface area contributed by atoms with Gasteiger partial charge < -0.3 is 5.32 Å². The Morgan fingerprint density at radius 3 is 2.57 bits per heavy atom. The lowest BCUT2D eigenvalue weighted by atomic mass is 9.97. The summed E-state index contributed by atoms with van der Waals surface area (Å²) in [6.45, 7) is 4.42. The Morgan fingerprint density at radius 2 is 1.75 bits per heavy atom. The van der Waals surface area contributed by atoms with Gasteiger partial charge in [-0.1, -0.05) is 48.5 Å². The van der Waals surface area contributed by atoms with E-state index < -0.39 is 0 Å². The van der Waals surface area contributed by atoms with E-state index in [0.717, 1.165) is 32.5 Å². The normalized spacial score (nSPS) is 15.5. The molecule has 140 valence electrons. The predicted octanol–water partition coefficient (Wildman–Crippen LogP) is 2.83. The van der Waals surface area contributed by atoms with E-state index in [2.05, 4.69) is 16.4 Å². The number of benzene rings is 3. The third kappa shape index (κ3) is 3.46. The minimum absolute atomic E-state index is 0.127. The van der Waals surface area contributed by atoms with Crippen LogP contribution in [-0.4, -0.2) is 18.4 Å². The summed E-state index contributed by atoms with van der Waals surface area (Å²) in [4.78, 5) is 29.2. The van der Waals surface area contributed by atoms with Crippen LogP contribution in [0.15, 0.2) is 59.6 Å². The van der Waals surface area contributed by atoms with Crippen LogP contribution in [-0.2, 0) is 4.79 Å². The molecule has 0 aliphatic carbocycles. The van der Waals surface area contributed by atoms with Crippen molar-refractivity contribution in [2.24, 2.45) is 10.9 Å². The standard InChI is InChI=1S/C24H22N2O2/c1-15-7-8-16(2)22-21(15)14-20(24(28)26-22)11-12-25-23(27)19-10-9-17-5-3-4-6-18(17)13-19/h3-10,13-14,20H,11-12H2,1-2H3,(H,25,27). The van der Waals surface area contributed by atoms with Crippen LogP contribution in [0.25, 0.3) is 16.8 Å².